The molecule has 0 radical (unpaired) electrons. The Morgan fingerprint density at radius 2 is 1.76 bits per heavy atom. The molecule has 9 nitrogen and oxygen atoms in total. The number of methoxy groups -OCH3 is 1. The van der Waals surface area contributed by atoms with Crippen LogP contribution in [0, 0.1) is 0 Å². The molecule has 29 heavy (non-hydrogen) atoms. The van der Waals surface area contributed by atoms with Gasteiger partial charge >= 0.3 is 6.09 Å². The summed E-state index contributed by atoms with van der Waals surface area (Å²) in [6, 6.07) is 7.83. The van der Waals surface area contributed by atoms with Crippen molar-refractivity contribution in [1.29, 1.82) is 0 Å². The number of para-hydroxylation sites is 2. The van der Waals surface area contributed by atoms with E-state index >= 15 is 0 Å². The van der Waals surface area contributed by atoms with E-state index < -0.39 is 12.0 Å². The van der Waals surface area contributed by atoms with Crippen LogP contribution in [0.4, 0.5) is 10.5 Å². The molecule has 9 heteroatoms. The quantitative estimate of drug-likeness (QED) is 0.687. The molecular formula is C20H30N4O5. The van der Waals surface area contributed by atoms with E-state index in [-0.39, 0.29) is 25.6 Å². The third-order valence-corrected chi connectivity index (χ3v) is 4.75. The third kappa shape index (κ3) is 6.63. The second-order valence-electron chi connectivity index (χ2n) is 6.61. The molecule has 0 aromatic heterocycles. The molecule has 1 aromatic rings. The molecule has 3 amide bonds. The highest BCUT2D eigenvalue weighted by atomic mass is 16.5. The van der Waals surface area contributed by atoms with Gasteiger partial charge in [-0.05, 0) is 25.6 Å². The SMILES string of the molecule is CCOC(=O)NC(=O)CN(CC)CC(=O)N1CCN(c2ccccc2OC)CC1. The Bertz CT molecular complexity index is 704. The van der Waals surface area contributed by atoms with Crippen molar-refractivity contribution in [2.45, 2.75) is 13.8 Å². The number of alkyl carbamates (subject to hydrolysis) is 1. The number of rotatable bonds is 8. The molecule has 0 unspecified atom stereocenters. The molecule has 1 aliphatic heterocycles. The maximum atomic E-state index is 12.7. The first-order valence-electron chi connectivity index (χ1n) is 9.83. The normalized spacial score (nSPS) is 13.9. The summed E-state index contributed by atoms with van der Waals surface area (Å²) in [6.45, 7) is 6.94. The number of hydrogen-bond donors (Lipinski definition) is 1. The molecule has 0 spiro atoms. The van der Waals surface area contributed by atoms with Gasteiger partial charge in [-0.3, -0.25) is 19.8 Å². The van der Waals surface area contributed by atoms with Crippen molar-refractivity contribution >= 4 is 23.6 Å². The Morgan fingerprint density at radius 3 is 2.38 bits per heavy atom. The second-order valence-corrected chi connectivity index (χ2v) is 6.61. The summed E-state index contributed by atoms with van der Waals surface area (Å²) in [5.74, 6) is 0.298. The smallest absolute Gasteiger partial charge is 0.413 e. The van der Waals surface area contributed by atoms with E-state index in [4.69, 9.17) is 4.74 Å². The monoisotopic (exact) mass is 406 g/mol. The molecule has 0 atom stereocenters. The average molecular weight is 406 g/mol. The zero-order valence-corrected chi connectivity index (χ0v) is 17.3. The fraction of sp³-hybridized carbons (Fsp3) is 0.550. The number of benzene rings is 1. The van der Waals surface area contributed by atoms with Crippen molar-refractivity contribution in [3.8, 4) is 5.75 Å². The number of carbonyl (C=O) groups excluding carboxylic acids is 3. The Morgan fingerprint density at radius 1 is 1.07 bits per heavy atom. The lowest BCUT2D eigenvalue weighted by atomic mass is 10.2. The van der Waals surface area contributed by atoms with Gasteiger partial charge in [0.2, 0.25) is 11.8 Å². The zero-order valence-electron chi connectivity index (χ0n) is 17.3. The van der Waals surface area contributed by atoms with Gasteiger partial charge in [-0.25, -0.2) is 4.79 Å². The zero-order chi connectivity index (χ0) is 21.2. The number of carbonyl (C=O) groups is 3. The maximum Gasteiger partial charge on any atom is 0.413 e. The first kappa shape index (κ1) is 22.5. The van der Waals surface area contributed by atoms with Crippen LogP contribution in [0.1, 0.15) is 13.8 Å². The predicted molar refractivity (Wildman–Crippen MR) is 109 cm³/mol. The average Bonchev–Trinajstić information content (AvgIpc) is 2.73. The fourth-order valence-corrected chi connectivity index (χ4v) is 3.18. The van der Waals surface area contributed by atoms with E-state index in [9.17, 15) is 14.4 Å². The number of piperazine rings is 1. The molecule has 0 bridgehead atoms. The molecule has 1 saturated heterocycles. The maximum absolute atomic E-state index is 12.7. The van der Waals surface area contributed by atoms with E-state index in [2.05, 4.69) is 15.0 Å². The van der Waals surface area contributed by atoms with Crippen LogP contribution in [0.5, 0.6) is 5.75 Å². The van der Waals surface area contributed by atoms with Crippen LogP contribution in [0.2, 0.25) is 0 Å². The van der Waals surface area contributed by atoms with Gasteiger partial charge in [0.1, 0.15) is 5.75 Å². The topological polar surface area (TPSA) is 91.4 Å². The Labute approximate surface area is 171 Å². The number of likely N-dealkylation sites (N-methyl/N-ethyl adjacent to an activating group) is 1. The number of amides is 3. The van der Waals surface area contributed by atoms with Crippen molar-refractivity contribution in [2.75, 3.05) is 64.4 Å². The first-order chi connectivity index (χ1) is 14.0. The van der Waals surface area contributed by atoms with E-state index in [1.54, 1.807) is 23.8 Å². The highest BCUT2D eigenvalue weighted by Gasteiger charge is 2.24. The van der Waals surface area contributed by atoms with Gasteiger partial charge < -0.3 is 19.3 Å². The summed E-state index contributed by atoms with van der Waals surface area (Å²) in [5, 5.41) is 2.15. The lowest BCUT2D eigenvalue weighted by Crippen LogP contribution is -2.52. The molecule has 1 aliphatic rings. The van der Waals surface area contributed by atoms with Crippen molar-refractivity contribution in [2.24, 2.45) is 0 Å². The Balaban J connectivity index is 1.83. The van der Waals surface area contributed by atoms with Crippen LogP contribution >= 0.6 is 0 Å². The van der Waals surface area contributed by atoms with Gasteiger partial charge in [0.05, 0.1) is 32.5 Å². The molecule has 160 valence electrons. The van der Waals surface area contributed by atoms with Crippen LogP contribution in [0.25, 0.3) is 0 Å². The lowest BCUT2D eigenvalue weighted by molar-refractivity contribution is -0.133. The molecule has 2 rings (SSSR count). The van der Waals surface area contributed by atoms with E-state index in [1.165, 1.54) is 0 Å². The highest BCUT2D eigenvalue weighted by Crippen LogP contribution is 2.28. The van der Waals surface area contributed by atoms with Crippen LogP contribution < -0.4 is 15.0 Å². The van der Waals surface area contributed by atoms with Crippen molar-refractivity contribution < 1.29 is 23.9 Å². The third-order valence-electron chi connectivity index (χ3n) is 4.75. The van der Waals surface area contributed by atoms with E-state index in [0.29, 0.717) is 32.7 Å². The van der Waals surface area contributed by atoms with Crippen LogP contribution in [0.15, 0.2) is 24.3 Å². The number of imide groups is 1. The van der Waals surface area contributed by atoms with Gasteiger partial charge in [-0.1, -0.05) is 19.1 Å². The highest BCUT2D eigenvalue weighted by molar-refractivity contribution is 5.93. The molecule has 1 fully saturated rings. The number of ether oxygens (including phenoxy) is 2. The van der Waals surface area contributed by atoms with Crippen molar-refractivity contribution in [3.05, 3.63) is 24.3 Å². The number of nitrogens with one attached hydrogen (secondary N) is 1. The molecule has 1 N–H and O–H groups in total. The summed E-state index contributed by atoms with van der Waals surface area (Å²) in [6.07, 6.45) is -0.771. The largest absolute Gasteiger partial charge is 0.495 e. The van der Waals surface area contributed by atoms with Crippen LogP contribution in [0.3, 0.4) is 0 Å². The summed E-state index contributed by atoms with van der Waals surface area (Å²) in [7, 11) is 1.65. The minimum absolute atomic E-state index is 0.0320. The Hall–Kier alpha value is -2.81. The first-order valence-corrected chi connectivity index (χ1v) is 9.83. The minimum atomic E-state index is -0.771. The summed E-state index contributed by atoms with van der Waals surface area (Å²) >= 11 is 0. The van der Waals surface area contributed by atoms with Gasteiger partial charge in [0, 0.05) is 26.2 Å². The number of anilines is 1. The lowest BCUT2D eigenvalue weighted by Gasteiger charge is -2.37. The molecular weight excluding hydrogens is 376 g/mol. The molecule has 1 heterocycles. The summed E-state index contributed by atoms with van der Waals surface area (Å²) in [4.78, 5) is 41.6. The molecule has 0 aliphatic carbocycles. The Kier molecular flexibility index (Phi) is 8.72. The number of nitrogens with zero attached hydrogens (tertiary/aromatic N) is 3. The van der Waals surface area contributed by atoms with Crippen molar-refractivity contribution in [3.63, 3.8) is 0 Å². The van der Waals surface area contributed by atoms with Gasteiger partial charge in [-0.15, -0.1) is 0 Å². The summed E-state index contributed by atoms with van der Waals surface area (Å²) < 4.78 is 10.1. The van der Waals surface area contributed by atoms with Crippen LogP contribution in [-0.2, 0) is 14.3 Å². The van der Waals surface area contributed by atoms with E-state index in [0.717, 1.165) is 11.4 Å². The molecule has 0 saturated carbocycles. The minimum Gasteiger partial charge on any atom is -0.495 e. The predicted octanol–water partition coefficient (Wildman–Crippen LogP) is 0.938. The van der Waals surface area contributed by atoms with Gasteiger partial charge in [0.15, 0.2) is 0 Å². The van der Waals surface area contributed by atoms with Gasteiger partial charge in [-0.2, -0.15) is 0 Å². The van der Waals surface area contributed by atoms with Crippen molar-refractivity contribution in [1.82, 2.24) is 15.1 Å². The van der Waals surface area contributed by atoms with Crippen LogP contribution in [-0.4, -0.2) is 87.2 Å². The summed E-state index contributed by atoms with van der Waals surface area (Å²) in [5.41, 5.74) is 1.02. The van der Waals surface area contributed by atoms with Gasteiger partial charge in [0.25, 0.3) is 0 Å². The molecule has 1 aromatic carbocycles. The standard InChI is InChI=1S/C20H30N4O5/c1-4-22(14-18(25)21-20(27)29-5-2)15-19(26)24-12-10-23(11-13-24)16-8-6-7-9-17(16)28-3/h6-9H,4-5,10-15H2,1-3H3,(H,21,25,27). The number of hydrogen-bond acceptors (Lipinski definition) is 7. The fourth-order valence-electron chi connectivity index (χ4n) is 3.18. The second kappa shape index (κ2) is 11.3. The van der Waals surface area contributed by atoms with E-state index in [1.807, 2.05) is 31.2 Å².